The van der Waals surface area contributed by atoms with Crippen molar-refractivity contribution in [3.63, 3.8) is 0 Å². The quantitative estimate of drug-likeness (QED) is 0.725. The number of methoxy groups -OCH3 is 1. The zero-order valence-electron chi connectivity index (χ0n) is 7.71. The summed E-state index contributed by atoms with van der Waals surface area (Å²) in [6.07, 6.45) is 0. The molecule has 1 aromatic carbocycles. The number of fused-ring (bicyclic) bond motifs is 1. The van der Waals surface area contributed by atoms with Gasteiger partial charge in [0.25, 0.3) is 0 Å². The minimum Gasteiger partial charge on any atom is -0.465 e. The van der Waals surface area contributed by atoms with E-state index in [4.69, 9.17) is 23.2 Å². The SMILES string of the molecule is COC(=O)c1sc2cc(Cl)ccc2c1Cl. The Hall–Kier alpha value is -0.770. The lowest BCUT2D eigenvalue weighted by molar-refractivity contribution is 0.0606. The molecule has 0 aliphatic rings. The van der Waals surface area contributed by atoms with E-state index >= 15 is 0 Å². The molecule has 2 aromatic rings. The van der Waals surface area contributed by atoms with Crippen LogP contribution in [0.1, 0.15) is 9.67 Å². The maximum atomic E-state index is 11.4. The molecule has 15 heavy (non-hydrogen) atoms. The van der Waals surface area contributed by atoms with Crippen molar-refractivity contribution in [2.75, 3.05) is 7.11 Å². The number of halogens is 2. The number of esters is 1. The van der Waals surface area contributed by atoms with Crippen molar-refractivity contribution in [2.45, 2.75) is 0 Å². The number of carbonyl (C=O) groups excluding carboxylic acids is 1. The topological polar surface area (TPSA) is 26.3 Å². The van der Waals surface area contributed by atoms with Crippen LogP contribution in [0.5, 0.6) is 0 Å². The molecule has 5 heteroatoms. The molecule has 0 aliphatic carbocycles. The fourth-order valence-electron chi connectivity index (χ4n) is 1.26. The Morgan fingerprint density at radius 1 is 1.40 bits per heavy atom. The minimum atomic E-state index is -0.419. The summed E-state index contributed by atoms with van der Waals surface area (Å²) in [7, 11) is 1.33. The van der Waals surface area contributed by atoms with Crippen molar-refractivity contribution < 1.29 is 9.53 Å². The van der Waals surface area contributed by atoms with E-state index in [1.54, 1.807) is 18.2 Å². The van der Waals surface area contributed by atoms with Crippen LogP contribution in [0.2, 0.25) is 10.0 Å². The molecule has 2 nitrogen and oxygen atoms in total. The summed E-state index contributed by atoms with van der Waals surface area (Å²) >= 11 is 13.2. The lowest BCUT2D eigenvalue weighted by Crippen LogP contribution is -1.97. The summed E-state index contributed by atoms with van der Waals surface area (Å²) < 4.78 is 5.51. The normalized spacial score (nSPS) is 10.6. The Morgan fingerprint density at radius 3 is 2.80 bits per heavy atom. The van der Waals surface area contributed by atoms with Crippen molar-refractivity contribution in [1.29, 1.82) is 0 Å². The monoisotopic (exact) mass is 260 g/mol. The number of rotatable bonds is 1. The highest BCUT2D eigenvalue weighted by Gasteiger charge is 2.17. The van der Waals surface area contributed by atoms with Gasteiger partial charge in [0.15, 0.2) is 0 Å². The summed E-state index contributed by atoms with van der Waals surface area (Å²) in [6.45, 7) is 0. The van der Waals surface area contributed by atoms with Gasteiger partial charge in [0.05, 0.1) is 12.1 Å². The summed E-state index contributed by atoms with van der Waals surface area (Å²) in [5.41, 5.74) is 0. The van der Waals surface area contributed by atoms with E-state index in [2.05, 4.69) is 4.74 Å². The second-order valence-electron chi connectivity index (χ2n) is 2.88. The van der Waals surface area contributed by atoms with Gasteiger partial charge in [-0.2, -0.15) is 0 Å². The van der Waals surface area contributed by atoms with E-state index in [1.165, 1.54) is 18.4 Å². The van der Waals surface area contributed by atoms with Crippen LogP contribution in [-0.4, -0.2) is 13.1 Å². The molecule has 0 saturated heterocycles. The number of hydrogen-bond donors (Lipinski definition) is 0. The number of benzene rings is 1. The van der Waals surface area contributed by atoms with Gasteiger partial charge in [-0.15, -0.1) is 11.3 Å². The summed E-state index contributed by atoms with van der Waals surface area (Å²) in [5, 5.41) is 1.88. The molecule has 0 aliphatic heterocycles. The molecule has 0 spiro atoms. The number of ether oxygens (including phenoxy) is 1. The smallest absolute Gasteiger partial charge is 0.349 e. The third kappa shape index (κ3) is 1.83. The minimum absolute atomic E-state index is 0.413. The lowest BCUT2D eigenvalue weighted by atomic mass is 10.2. The second-order valence-corrected chi connectivity index (χ2v) is 4.74. The highest BCUT2D eigenvalue weighted by atomic mass is 35.5. The maximum Gasteiger partial charge on any atom is 0.349 e. The van der Waals surface area contributed by atoms with Gasteiger partial charge in [0.2, 0.25) is 0 Å². The average Bonchev–Trinajstić information content (AvgIpc) is 2.54. The number of carbonyl (C=O) groups is 1. The van der Waals surface area contributed by atoms with E-state index in [9.17, 15) is 4.79 Å². The first-order valence-electron chi connectivity index (χ1n) is 4.09. The van der Waals surface area contributed by atoms with Crippen molar-refractivity contribution in [3.05, 3.63) is 33.1 Å². The zero-order valence-corrected chi connectivity index (χ0v) is 10.0. The molecular weight excluding hydrogens is 255 g/mol. The van der Waals surface area contributed by atoms with Crippen LogP contribution in [0.25, 0.3) is 10.1 Å². The molecule has 0 amide bonds. The van der Waals surface area contributed by atoms with Gasteiger partial charge < -0.3 is 4.74 Å². The Bertz CT molecular complexity index is 533. The fraction of sp³-hybridized carbons (Fsp3) is 0.100. The van der Waals surface area contributed by atoms with E-state index < -0.39 is 5.97 Å². The van der Waals surface area contributed by atoms with Crippen LogP contribution >= 0.6 is 34.5 Å². The van der Waals surface area contributed by atoms with E-state index in [0.29, 0.717) is 14.9 Å². The first-order chi connectivity index (χ1) is 7.13. The summed E-state index contributed by atoms with van der Waals surface area (Å²) in [4.78, 5) is 11.8. The second kappa shape index (κ2) is 4.00. The van der Waals surface area contributed by atoms with Gasteiger partial charge in [-0.1, -0.05) is 29.3 Å². The molecule has 1 aromatic heterocycles. The molecule has 78 valence electrons. The van der Waals surface area contributed by atoms with E-state index in [1.807, 2.05) is 0 Å². The highest BCUT2D eigenvalue weighted by Crippen LogP contribution is 2.36. The molecule has 0 bridgehead atoms. The molecule has 1 heterocycles. The highest BCUT2D eigenvalue weighted by molar-refractivity contribution is 7.21. The predicted molar refractivity (Wildman–Crippen MR) is 63.2 cm³/mol. The summed E-state index contributed by atoms with van der Waals surface area (Å²) in [5.74, 6) is -0.419. The first-order valence-corrected chi connectivity index (χ1v) is 5.66. The van der Waals surface area contributed by atoms with Gasteiger partial charge in [-0.3, -0.25) is 0 Å². The standard InChI is InChI=1S/C10H6Cl2O2S/c1-14-10(13)9-8(12)6-3-2-5(11)4-7(6)15-9/h2-4H,1H3. The van der Waals surface area contributed by atoms with Gasteiger partial charge in [-0.05, 0) is 12.1 Å². The van der Waals surface area contributed by atoms with Gasteiger partial charge in [0, 0.05) is 15.1 Å². The number of hydrogen-bond acceptors (Lipinski definition) is 3. The fourth-order valence-corrected chi connectivity index (χ4v) is 2.97. The van der Waals surface area contributed by atoms with Crippen molar-refractivity contribution >= 4 is 50.6 Å². The van der Waals surface area contributed by atoms with Gasteiger partial charge >= 0.3 is 5.97 Å². The Balaban J connectivity index is 2.69. The Labute approximate surface area is 100 Å². The predicted octanol–water partition coefficient (Wildman–Crippen LogP) is 3.99. The average molecular weight is 261 g/mol. The lowest BCUT2D eigenvalue weighted by Gasteiger charge is -1.94. The number of thiophene rings is 1. The zero-order chi connectivity index (χ0) is 11.0. The third-order valence-electron chi connectivity index (χ3n) is 1.96. The maximum absolute atomic E-state index is 11.4. The van der Waals surface area contributed by atoms with E-state index in [-0.39, 0.29) is 0 Å². The van der Waals surface area contributed by atoms with Crippen LogP contribution in [-0.2, 0) is 4.74 Å². The van der Waals surface area contributed by atoms with Gasteiger partial charge in [0.1, 0.15) is 4.88 Å². The third-order valence-corrected chi connectivity index (χ3v) is 3.83. The molecule has 0 fully saturated rings. The van der Waals surface area contributed by atoms with Crippen molar-refractivity contribution in [1.82, 2.24) is 0 Å². The van der Waals surface area contributed by atoms with Gasteiger partial charge in [-0.25, -0.2) is 4.79 Å². The molecule has 0 saturated carbocycles. The van der Waals surface area contributed by atoms with Crippen molar-refractivity contribution in [3.8, 4) is 0 Å². The largest absolute Gasteiger partial charge is 0.465 e. The Kier molecular flexibility index (Phi) is 2.87. The molecule has 0 atom stereocenters. The molecule has 0 radical (unpaired) electrons. The molecular formula is C10H6Cl2O2S. The van der Waals surface area contributed by atoms with Crippen LogP contribution in [0.4, 0.5) is 0 Å². The van der Waals surface area contributed by atoms with Crippen LogP contribution in [0, 0.1) is 0 Å². The van der Waals surface area contributed by atoms with Crippen molar-refractivity contribution in [2.24, 2.45) is 0 Å². The first kappa shape index (κ1) is 10.7. The summed E-state index contributed by atoms with van der Waals surface area (Å²) in [6, 6.07) is 5.31. The van der Waals surface area contributed by atoms with Crippen LogP contribution < -0.4 is 0 Å². The molecule has 2 rings (SSSR count). The van der Waals surface area contributed by atoms with Crippen LogP contribution in [0.15, 0.2) is 18.2 Å². The Morgan fingerprint density at radius 2 is 2.13 bits per heavy atom. The molecule has 0 N–H and O–H groups in total. The van der Waals surface area contributed by atoms with E-state index in [0.717, 1.165) is 10.1 Å². The van der Waals surface area contributed by atoms with Crippen LogP contribution in [0.3, 0.4) is 0 Å². The molecule has 0 unspecified atom stereocenters.